The van der Waals surface area contributed by atoms with E-state index in [4.69, 9.17) is 49.5 Å². The first-order valence-electron chi connectivity index (χ1n) is 39.1. The van der Waals surface area contributed by atoms with E-state index in [0.717, 1.165) is 38.9 Å². The lowest BCUT2D eigenvalue weighted by Gasteiger charge is -2.07. The van der Waals surface area contributed by atoms with Crippen LogP contribution in [-0.4, -0.2) is 209 Å². The van der Waals surface area contributed by atoms with E-state index in [1.54, 1.807) is 150 Å². The van der Waals surface area contributed by atoms with Gasteiger partial charge in [0.05, 0.1) is 178 Å². The highest BCUT2D eigenvalue weighted by atomic mass is 35.5. The van der Waals surface area contributed by atoms with Gasteiger partial charge in [0.2, 0.25) is 5.82 Å². The van der Waals surface area contributed by atoms with Crippen LogP contribution in [0.5, 0.6) is 46.0 Å². The number of azo groups is 1. The van der Waals surface area contributed by atoms with Crippen LogP contribution in [-0.2, 0) is 14.4 Å². The molecule has 12 N–H and O–H groups in total. The lowest BCUT2D eigenvalue weighted by atomic mass is 10.0. The summed E-state index contributed by atoms with van der Waals surface area (Å²) < 4.78 is 44.2. The number of carbonyl (C=O) groups is 4. The number of methoxy groups -OCH3 is 8. The summed E-state index contributed by atoms with van der Waals surface area (Å²) in [4.78, 5) is 109. The molecular formula is C86H75ClN30O12. The summed E-state index contributed by atoms with van der Waals surface area (Å²) in [6, 6.07) is 32.9. The predicted octanol–water partition coefficient (Wildman–Crippen LogP) is 13.0. The second kappa shape index (κ2) is 36.4. The van der Waals surface area contributed by atoms with Crippen LogP contribution >= 0.6 is 11.6 Å². The third-order valence-corrected chi connectivity index (χ3v) is 20.8. The number of imidazole rings is 4. The van der Waals surface area contributed by atoms with Gasteiger partial charge in [-0.15, -0.1) is 5.10 Å². The molecule has 3 aliphatic rings. The standard InChI is InChI=1S/C24H21ClN6O3.C22H20N8O3.C22H19N7O3.C18H15N9O3/c1-12-15(8-16(27-12)13-4-6-14(25)7-5-13)24(32)30-19-11-26-31-22(19)23-28-17-9-20(33-2)21(34-3)10-18(17)29-23;1-11-12(6-13(26-11)16-9-23-4-5-24-16)22(31)29-17-10-25-30-20(17)21-27-14-7-18(32-2)19(33-3)8-15(14)28-21;1-31-17-8-14-15(9-18(17)32-2)26-21(25-14)20-16(11-24-29-20)27-22(30)13-10-23-28-19(13)12-6-4-3-5-7-12;1-29-12-6-9-10(7-13(12)30-2)22-15(21-9)14-11(8-20-25-14)23-17(28)16-24-18-19-4-3-5-27(18)26-16/h4-7,9-11H,8H2,1-3H3,(H,26,31)(H,28,29)(H,30,32);4-5,7-10H,6H2,1-3H3,(H,25,30)(H,27,28)(H,29,31);3-9,11H,10H2,1-2H3,(H,24,29)(H,25,26)(H,27,30);3-8H,1-2H3,(H,20,25)(H,21,22)(H,23,28). The van der Waals surface area contributed by atoms with Gasteiger partial charge in [-0.2, -0.15) is 35.6 Å². The number of rotatable bonds is 23. The van der Waals surface area contributed by atoms with Crippen LogP contribution in [0.25, 0.3) is 102 Å². The maximum Gasteiger partial charge on any atom is 0.295 e. The summed E-state index contributed by atoms with van der Waals surface area (Å²) in [5.74, 6) is 5.66. The number of amides is 4. The van der Waals surface area contributed by atoms with E-state index < -0.39 is 5.91 Å². The highest BCUT2D eigenvalue weighted by molar-refractivity contribution is 6.30. The number of benzene rings is 6. The Balaban J connectivity index is 0.000000121. The number of aliphatic imine (C=N–C) groups is 2. The molecular weight excluding hydrogens is 1680 g/mol. The fourth-order valence-electron chi connectivity index (χ4n) is 14.1. The third kappa shape index (κ3) is 17.4. The maximum absolute atomic E-state index is 13.1. The average Bonchev–Trinajstić information content (AvgIpc) is 1.62. The fraction of sp³-hybridized carbons (Fsp3) is 0.151. The molecule has 6 aromatic carbocycles. The number of aromatic amines is 8. The number of nitrogens with one attached hydrogen (secondary N) is 12. The Hall–Kier alpha value is -17.6. The van der Waals surface area contributed by atoms with E-state index >= 15 is 0 Å². The van der Waals surface area contributed by atoms with Crippen LogP contribution < -0.4 is 59.2 Å². The molecule has 0 saturated carbocycles. The molecule has 0 unspecified atom stereocenters. The molecule has 14 heterocycles. The van der Waals surface area contributed by atoms with Gasteiger partial charge in [0, 0.05) is 119 Å². The second-order valence-corrected chi connectivity index (χ2v) is 28.7. The molecule has 0 spiro atoms. The number of halogens is 1. The number of allylic oxidation sites excluding steroid dienone is 2. The number of hydrogen-bond donors (Lipinski definition) is 12. The molecule has 129 heavy (non-hydrogen) atoms. The molecule has 0 bridgehead atoms. The zero-order chi connectivity index (χ0) is 89.5. The number of nitrogens with zero attached hydrogens (tertiary/aromatic N) is 18. The number of anilines is 4. The van der Waals surface area contributed by atoms with Crippen molar-refractivity contribution in [2.24, 2.45) is 20.2 Å². The Morgan fingerprint density at radius 2 is 0.806 bits per heavy atom. The van der Waals surface area contributed by atoms with Crippen molar-refractivity contribution in [2.75, 3.05) is 84.7 Å². The quantitative estimate of drug-likeness (QED) is 0.0283. The summed E-state index contributed by atoms with van der Waals surface area (Å²) in [6.45, 7) is 3.84. The Kier molecular flexibility index (Phi) is 23.6. The summed E-state index contributed by atoms with van der Waals surface area (Å²) in [7, 11) is 12.5. The first-order chi connectivity index (χ1) is 62.9. The predicted molar refractivity (Wildman–Crippen MR) is 476 cm³/mol. The third-order valence-electron chi connectivity index (χ3n) is 20.5. The number of aromatic nitrogens is 22. The lowest BCUT2D eigenvalue weighted by molar-refractivity contribution is -0.113. The molecule has 4 amide bonds. The molecule has 43 heteroatoms. The second-order valence-electron chi connectivity index (χ2n) is 28.3. The Morgan fingerprint density at radius 1 is 0.411 bits per heavy atom. The summed E-state index contributed by atoms with van der Waals surface area (Å²) in [5.41, 5.74) is 17.3. The van der Waals surface area contributed by atoms with Crippen LogP contribution in [0.2, 0.25) is 5.02 Å². The monoisotopic (exact) mass is 1750 g/mol. The van der Waals surface area contributed by atoms with Gasteiger partial charge in [-0.1, -0.05) is 54.1 Å². The van der Waals surface area contributed by atoms with Gasteiger partial charge in [-0.25, -0.2) is 29.4 Å². The summed E-state index contributed by atoms with van der Waals surface area (Å²) in [6.07, 6.45) is 15.0. The van der Waals surface area contributed by atoms with Crippen LogP contribution in [0.3, 0.4) is 0 Å². The molecule has 0 radical (unpaired) electrons. The summed E-state index contributed by atoms with van der Waals surface area (Å²) >= 11 is 5.98. The highest BCUT2D eigenvalue weighted by Crippen LogP contribution is 2.40. The first kappa shape index (κ1) is 83.7. The van der Waals surface area contributed by atoms with Crippen molar-refractivity contribution in [3.05, 3.63) is 221 Å². The van der Waals surface area contributed by atoms with E-state index in [9.17, 15) is 19.2 Å². The van der Waals surface area contributed by atoms with Crippen molar-refractivity contribution in [2.45, 2.75) is 26.7 Å². The minimum atomic E-state index is -0.498. The van der Waals surface area contributed by atoms with E-state index in [-0.39, 0.29) is 30.1 Å². The molecule has 42 nitrogen and oxygen atoms in total. The molecule has 17 aromatic rings. The number of ether oxygens (including phenoxy) is 8. The molecule has 20 rings (SSSR count). The van der Waals surface area contributed by atoms with E-state index in [1.807, 2.05) is 67.6 Å². The molecule has 0 atom stereocenters. The molecule has 3 aliphatic heterocycles. The SMILES string of the molecule is COc1cc2nc(-c3[nH]ncc3NC(=O)C3=C(C)N=C(c4ccc(Cl)cc4)C3)[nH]c2cc1OC.COc1cc2nc(-c3[nH]ncc3NC(=O)C3=C(C)N=C(c4cnccn4)C3)[nH]c2cc1OC.COc1cc2nc(-c3[nH]ncc3NC(=O)C3=C(c4ccccc4)N=NC3)[nH]c2cc1OC.COc1cc2nc(-c3[nH]ncc3NC(=O)c3nc4ncccn4n3)[nH]c2cc1OC. The van der Waals surface area contributed by atoms with Crippen molar-refractivity contribution >= 4 is 125 Å². The van der Waals surface area contributed by atoms with E-state index in [0.29, 0.717) is 206 Å². The molecule has 11 aromatic heterocycles. The minimum Gasteiger partial charge on any atom is -0.493 e. The average molecular weight is 1760 g/mol. The molecule has 0 saturated heterocycles. The van der Waals surface area contributed by atoms with Crippen molar-refractivity contribution < 1.29 is 57.1 Å². The lowest BCUT2D eigenvalue weighted by Crippen LogP contribution is -2.16. The van der Waals surface area contributed by atoms with Crippen molar-refractivity contribution in [3.8, 4) is 92.1 Å². The fourth-order valence-corrected chi connectivity index (χ4v) is 14.2. The first-order valence-corrected chi connectivity index (χ1v) is 39.5. The van der Waals surface area contributed by atoms with Gasteiger partial charge in [-0.3, -0.25) is 59.5 Å². The van der Waals surface area contributed by atoms with Gasteiger partial charge in [0.15, 0.2) is 69.3 Å². The number of H-pyrrole nitrogens is 8. The number of fused-ring (bicyclic) bond motifs is 5. The number of carbonyl (C=O) groups excluding carboxylic acids is 4. The Morgan fingerprint density at radius 3 is 1.21 bits per heavy atom. The summed E-state index contributed by atoms with van der Waals surface area (Å²) in [5, 5.41) is 52.3. The molecule has 648 valence electrons. The van der Waals surface area contributed by atoms with Crippen molar-refractivity contribution in [1.82, 2.24) is 110 Å². The van der Waals surface area contributed by atoms with Crippen molar-refractivity contribution in [1.29, 1.82) is 0 Å². The minimum absolute atomic E-state index is 0.0140. The Bertz CT molecular complexity index is 7170. The maximum atomic E-state index is 13.1. The van der Waals surface area contributed by atoms with E-state index in [2.05, 4.69) is 147 Å². The topological polar surface area (TPSA) is 538 Å². The molecule has 0 fully saturated rings. The molecule has 0 aliphatic carbocycles. The van der Waals surface area contributed by atoms with Crippen molar-refractivity contribution in [3.63, 3.8) is 0 Å². The van der Waals surface area contributed by atoms with Gasteiger partial charge in [-0.05, 0) is 37.6 Å². The zero-order valence-corrected chi connectivity index (χ0v) is 70.8. The zero-order valence-electron chi connectivity index (χ0n) is 70.0. The van der Waals surface area contributed by atoms with Crippen LogP contribution in [0.15, 0.2) is 213 Å². The van der Waals surface area contributed by atoms with Gasteiger partial charge in [0.25, 0.3) is 29.4 Å². The normalized spacial score (nSPS) is 12.8. The highest BCUT2D eigenvalue weighted by Gasteiger charge is 2.30. The van der Waals surface area contributed by atoms with Crippen LogP contribution in [0.4, 0.5) is 22.7 Å². The van der Waals surface area contributed by atoms with Gasteiger partial charge in [0.1, 0.15) is 34.2 Å². The number of hydrogen-bond acceptors (Lipinski definition) is 29. The van der Waals surface area contributed by atoms with Gasteiger partial charge < -0.3 is 79.1 Å². The van der Waals surface area contributed by atoms with Gasteiger partial charge >= 0.3 is 0 Å². The van der Waals surface area contributed by atoms with E-state index in [1.165, 1.54) is 23.1 Å². The Labute approximate surface area is 733 Å². The largest absolute Gasteiger partial charge is 0.493 e. The van der Waals surface area contributed by atoms with Crippen LogP contribution in [0.1, 0.15) is 54.1 Å². The smallest absolute Gasteiger partial charge is 0.295 e. The van der Waals surface area contributed by atoms with Crippen LogP contribution in [0, 0.1) is 0 Å².